The van der Waals surface area contributed by atoms with Crippen molar-refractivity contribution in [3.63, 3.8) is 0 Å². The van der Waals surface area contributed by atoms with E-state index in [2.05, 4.69) is 11.5 Å². The number of ketones is 1. The van der Waals surface area contributed by atoms with Crippen LogP contribution in [0.3, 0.4) is 0 Å². The molecule has 1 aromatic carbocycles. The van der Waals surface area contributed by atoms with Crippen LogP contribution < -0.4 is 0 Å². The monoisotopic (exact) mass is 299 g/mol. The summed E-state index contributed by atoms with van der Waals surface area (Å²) in [7, 11) is 0. The molecule has 1 aromatic heterocycles. The van der Waals surface area contributed by atoms with Crippen LogP contribution in [-0.4, -0.2) is 23.1 Å². The highest BCUT2D eigenvalue weighted by molar-refractivity contribution is 6.09. The van der Waals surface area contributed by atoms with E-state index in [1.807, 2.05) is 64.1 Å². The first-order valence-electron chi connectivity index (χ1n) is 7.81. The molecule has 0 amide bonds. The standard InChI is InChI=1S/C19H25NO2/c1-13(2)22-12-15(4)20-14(3)11-18(16(20)5)19(21)17-9-7-6-8-10-17/h6-11,13,15H,12H2,1-5H3. The first kappa shape index (κ1) is 16.5. The van der Waals surface area contributed by atoms with Crippen LogP contribution in [0.1, 0.15) is 54.1 Å². The minimum Gasteiger partial charge on any atom is -0.377 e. The second kappa shape index (κ2) is 6.93. The molecule has 3 heteroatoms. The Labute approximate surface area is 132 Å². The van der Waals surface area contributed by atoms with Gasteiger partial charge in [-0.2, -0.15) is 0 Å². The van der Waals surface area contributed by atoms with Gasteiger partial charge in [0.1, 0.15) is 0 Å². The summed E-state index contributed by atoms with van der Waals surface area (Å²) in [5.74, 6) is 0.0805. The van der Waals surface area contributed by atoms with Crippen LogP contribution in [0.15, 0.2) is 36.4 Å². The minimum atomic E-state index is 0.0805. The number of carbonyl (C=O) groups is 1. The number of aryl methyl sites for hydroxylation is 1. The van der Waals surface area contributed by atoms with Crippen molar-refractivity contribution in [2.75, 3.05) is 6.61 Å². The number of rotatable bonds is 6. The molecule has 0 N–H and O–H groups in total. The maximum atomic E-state index is 12.7. The molecule has 0 radical (unpaired) electrons. The molecule has 0 saturated heterocycles. The summed E-state index contributed by atoms with van der Waals surface area (Å²) in [6, 6.07) is 11.6. The summed E-state index contributed by atoms with van der Waals surface area (Å²) in [5, 5.41) is 0. The number of benzene rings is 1. The lowest BCUT2D eigenvalue weighted by atomic mass is 10.0. The summed E-state index contributed by atoms with van der Waals surface area (Å²) in [6.45, 7) is 10.9. The smallest absolute Gasteiger partial charge is 0.194 e. The Bertz CT molecular complexity index is 641. The highest BCUT2D eigenvalue weighted by Gasteiger charge is 2.19. The molecule has 0 aliphatic rings. The third-order valence-corrected chi connectivity index (χ3v) is 3.88. The minimum absolute atomic E-state index is 0.0805. The summed E-state index contributed by atoms with van der Waals surface area (Å²) in [5.41, 5.74) is 3.61. The molecule has 0 fully saturated rings. The average Bonchev–Trinajstić information content (AvgIpc) is 2.80. The normalized spacial score (nSPS) is 12.6. The molecular weight excluding hydrogens is 274 g/mol. The molecule has 3 nitrogen and oxygen atoms in total. The van der Waals surface area contributed by atoms with E-state index in [0.29, 0.717) is 6.61 Å². The molecule has 0 aliphatic heterocycles. The molecule has 22 heavy (non-hydrogen) atoms. The van der Waals surface area contributed by atoms with Gasteiger partial charge in [0.25, 0.3) is 0 Å². The highest BCUT2D eigenvalue weighted by Crippen LogP contribution is 2.23. The number of aromatic nitrogens is 1. The lowest BCUT2D eigenvalue weighted by Gasteiger charge is -2.20. The Morgan fingerprint density at radius 2 is 1.77 bits per heavy atom. The maximum absolute atomic E-state index is 12.7. The van der Waals surface area contributed by atoms with E-state index in [0.717, 1.165) is 22.5 Å². The second-order valence-electron chi connectivity index (χ2n) is 6.08. The van der Waals surface area contributed by atoms with Crippen molar-refractivity contribution >= 4 is 5.78 Å². The molecule has 0 spiro atoms. The molecule has 1 atom stereocenters. The number of nitrogens with zero attached hydrogens (tertiary/aromatic N) is 1. The lowest BCUT2D eigenvalue weighted by molar-refractivity contribution is 0.0571. The van der Waals surface area contributed by atoms with E-state index in [1.54, 1.807) is 0 Å². The fourth-order valence-corrected chi connectivity index (χ4v) is 2.84. The number of hydrogen-bond acceptors (Lipinski definition) is 2. The summed E-state index contributed by atoms with van der Waals surface area (Å²) in [6.07, 6.45) is 0.212. The van der Waals surface area contributed by atoms with Gasteiger partial charge in [-0.1, -0.05) is 30.3 Å². The van der Waals surface area contributed by atoms with Crippen LogP contribution in [0.25, 0.3) is 0 Å². The molecule has 1 heterocycles. The summed E-state index contributed by atoms with van der Waals surface area (Å²) in [4.78, 5) is 12.7. The first-order chi connectivity index (χ1) is 10.4. The molecule has 0 aliphatic carbocycles. The van der Waals surface area contributed by atoms with Gasteiger partial charge < -0.3 is 9.30 Å². The lowest BCUT2D eigenvalue weighted by Crippen LogP contribution is -2.17. The highest BCUT2D eigenvalue weighted by atomic mass is 16.5. The number of hydrogen-bond donors (Lipinski definition) is 0. The summed E-state index contributed by atoms with van der Waals surface area (Å²) >= 11 is 0. The van der Waals surface area contributed by atoms with Crippen molar-refractivity contribution in [1.82, 2.24) is 4.57 Å². The zero-order valence-electron chi connectivity index (χ0n) is 14.1. The Morgan fingerprint density at radius 3 is 2.36 bits per heavy atom. The molecule has 2 rings (SSSR count). The Kier molecular flexibility index (Phi) is 5.19. The van der Waals surface area contributed by atoms with Crippen LogP contribution in [0, 0.1) is 13.8 Å². The molecule has 118 valence electrons. The van der Waals surface area contributed by atoms with Gasteiger partial charge in [0.05, 0.1) is 18.8 Å². The van der Waals surface area contributed by atoms with Crippen molar-refractivity contribution < 1.29 is 9.53 Å². The van der Waals surface area contributed by atoms with E-state index < -0.39 is 0 Å². The van der Waals surface area contributed by atoms with Crippen LogP contribution in [0.5, 0.6) is 0 Å². The van der Waals surface area contributed by atoms with E-state index in [-0.39, 0.29) is 17.9 Å². The van der Waals surface area contributed by atoms with Crippen molar-refractivity contribution in [3.05, 3.63) is 58.9 Å². The van der Waals surface area contributed by atoms with E-state index in [4.69, 9.17) is 4.74 Å². The third kappa shape index (κ3) is 3.47. The van der Waals surface area contributed by atoms with Crippen LogP contribution in [0.4, 0.5) is 0 Å². The predicted molar refractivity (Wildman–Crippen MR) is 89.6 cm³/mol. The van der Waals surface area contributed by atoms with Gasteiger partial charge in [0, 0.05) is 22.5 Å². The SMILES string of the molecule is Cc1cc(C(=O)c2ccccc2)c(C)n1C(C)COC(C)C. The fourth-order valence-electron chi connectivity index (χ4n) is 2.84. The quantitative estimate of drug-likeness (QED) is 0.744. The van der Waals surface area contributed by atoms with Gasteiger partial charge >= 0.3 is 0 Å². The summed E-state index contributed by atoms with van der Waals surface area (Å²) < 4.78 is 7.91. The fraction of sp³-hybridized carbons (Fsp3) is 0.421. The second-order valence-corrected chi connectivity index (χ2v) is 6.08. The van der Waals surface area contributed by atoms with Gasteiger partial charge in [0.2, 0.25) is 0 Å². The van der Waals surface area contributed by atoms with E-state index in [9.17, 15) is 4.79 Å². The number of ether oxygens (including phenoxy) is 1. The average molecular weight is 299 g/mol. The number of carbonyl (C=O) groups excluding carboxylic acids is 1. The van der Waals surface area contributed by atoms with Crippen LogP contribution in [-0.2, 0) is 4.74 Å². The van der Waals surface area contributed by atoms with Gasteiger partial charge in [-0.25, -0.2) is 0 Å². The van der Waals surface area contributed by atoms with Crippen molar-refractivity contribution in [2.45, 2.75) is 46.8 Å². The van der Waals surface area contributed by atoms with Gasteiger partial charge in [0.15, 0.2) is 5.78 Å². The maximum Gasteiger partial charge on any atom is 0.194 e. The van der Waals surface area contributed by atoms with Gasteiger partial charge in [-0.15, -0.1) is 0 Å². The molecule has 0 saturated carbocycles. The Balaban J connectivity index is 2.29. The predicted octanol–water partition coefficient (Wildman–Crippen LogP) is 4.32. The zero-order chi connectivity index (χ0) is 16.3. The van der Waals surface area contributed by atoms with Gasteiger partial charge in [-0.05, 0) is 40.7 Å². The van der Waals surface area contributed by atoms with Crippen molar-refractivity contribution in [3.8, 4) is 0 Å². The van der Waals surface area contributed by atoms with E-state index in [1.165, 1.54) is 0 Å². The Hall–Kier alpha value is -1.87. The molecule has 1 unspecified atom stereocenters. The largest absolute Gasteiger partial charge is 0.377 e. The third-order valence-electron chi connectivity index (χ3n) is 3.88. The molecule has 0 bridgehead atoms. The topological polar surface area (TPSA) is 31.2 Å². The molecule has 2 aromatic rings. The Morgan fingerprint density at radius 1 is 1.14 bits per heavy atom. The van der Waals surface area contributed by atoms with Crippen molar-refractivity contribution in [1.29, 1.82) is 0 Å². The zero-order valence-corrected chi connectivity index (χ0v) is 14.1. The van der Waals surface area contributed by atoms with Gasteiger partial charge in [-0.3, -0.25) is 4.79 Å². The molecular formula is C19H25NO2. The van der Waals surface area contributed by atoms with Crippen LogP contribution in [0.2, 0.25) is 0 Å². The van der Waals surface area contributed by atoms with Crippen LogP contribution >= 0.6 is 0 Å². The van der Waals surface area contributed by atoms with E-state index >= 15 is 0 Å². The van der Waals surface area contributed by atoms with Crippen molar-refractivity contribution in [2.24, 2.45) is 0 Å². The first-order valence-corrected chi connectivity index (χ1v) is 7.81.